The number of carbonyl (C=O) groups excluding carboxylic acids is 1. The Morgan fingerprint density at radius 3 is 2.62 bits per heavy atom. The zero-order valence-corrected chi connectivity index (χ0v) is 16.8. The van der Waals surface area contributed by atoms with Crippen molar-refractivity contribution in [3.63, 3.8) is 0 Å². The summed E-state index contributed by atoms with van der Waals surface area (Å²) in [4.78, 5) is 32.6. The molecule has 0 spiro atoms. The third kappa shape index (κ3) is 2.96. The minimum atomic E-state index is -0.550. The van der Waals surface area contributed by atoms with E-state index in [1.54, 1.807) is 41.6 Å². The Morgan fingerprint density at radius 2 is 1.86 bits per heavy atom. The second kappa shape index (κ2) is 6.97. The van der Waals surface area contributed by atoms with Gasteiger partial charge in [-0.25, -0.2) is 0 Å². The molecule has 6 heteroatoms. The van der Waals surface area contributed by atoms with E-state index in [2.05, 4.69) is 20.9 Å². The van der Waals surface area contributed by atoms with Gasteiger partial charge in [0.25, 0.3) is 5.91 Å². The fraction of sp³-hybridized carbons (Fsp3) is 0.0870. The molecule has 0 N–H and O–H groups in total. The van der Waals surface area contributed by atoms with Crippen LogP contribution in [0.5, 0.6) is 0 Å². The van der Waals surface area contributed by atoms with Crippen molar-refractivity contribution in [2.24, 2.45) is 0 Å². The van der Waals surface area contributed by atoms with Gasteiger partial charge in [-0.15, -0.1) is 0 Å². The van der Waals surface area contributed by atoms with Gasteiger partial charge in [0, 0.05) is 23.4 Å². The molecule has 1 atom stereocenters. The molecule has 1 aliphatic rings. The molecule has 142 valence electrons. The number of hydrogen-bond donors (Lipinski definition) is 0. The van der Waals surface area contributed by atoms with E-state index >= 15 is 0 Å². The summed E-state index contributed by atoms with van der Waals surface area (Å²) in [6, 6.07) is 18.1. The van der Waals surface area contributed by atoms with Gasteiger partial charge >= 0.3 is 0 Å². The highest BCUT2D eigenvalue weighted by Crippen LogP contribution is 2.39. The van der Waals surface area contributed by atoms with Crippen LogP contribution in [0.2, 0.25) is 0 Å². The number of amides is 1. The van der Waals surface area contributed by atoms with Crippen LogP contribution in [-0.4, -0.2) is 15.8 Å². The van der Waals surface area contributed by atoms with Crippen LogP contribution in [0.15, 0.2) is 86.7 Å². The van der Waals surface area contributed by atoms with E-state index in [1.165, 1.54) is 0 Å². The number of aromatic nitrogens is 1. The zero-order valence-electron chi connectivity index (χ0n) is 15.2. The number of halogens is 1. The first-order valence-corrected chi connectivity index (χ1v) is 9.94. The summed E-state index contributed by atoms with van der Waals surface area (Å²) in [5, 5.41) is 0.446. The van der Waals surface area contributed by atoms with E-state index in [-0.39, 0.29) is 17.1 Å². The normalized spacial score (nSPS) is 15.7. The topological polar surface area (TPSA) is 63.4 Å². The maximum atomic E-state index is 13.4. The van der Waals surface area contributed by atoms with Gasteiger partial charge in [0.2, 0.25) is 5.76 Å². The van der Waals surface area contributed by atoms with Crippen LogP contribution in [0.1, 0.15) is 33.3 Å². The van der Waals surface area contributed by atoms with Gasteiger partial charge in [0.15, 0.2) is 5.43 Å². The molecule has 2 aromatic carbocycles. The van der Waals surface area contributed by atoms with E-state index < -0.39 is 6.04 Å². The van der Waals surface area contributed by atoms with Crippen LogP contribution in [0.25, 0.3) is 11.0 Å². The maximum absolute atomic E-state index is 13.4. The summed E-state index contributed by atoms with van der Waals surface area (Å²) in [6.07, 6.45) is 3.36. The van der Waals surface area contributed by atoms with E-state index in [0.717, 1.165) is 15.6 Å². The summed E-state index contributed by atoms with van der Waals surface area (Å²) in [7, 11) is 0. The Morgan fingerprint density at radius 1 is 1.03 bits per heavy atom. The Kier molecular flexibility index (Phi) is 4.28. The second-order valence-corrected chi connectivity index (χ2v) is 7.84. The fourth-order valence-corrected chi connectivity index (χ4v) is 4.18. The molecule has 5 nitrogen and oxygen atoms in total. The molecular weight excluding hydrogens is 432 g/mol. The van der Waals surface area contributed by atoms with Crippen molar-refractivity contribution >= 4 is 32.8 Å². The third-order valence-corrected chi connectivity index (χ3v) is 5.62. The van der Waals surface area contributed by atoms with Crippen LogP contribution >= 0.6 is 15.9 Å². The molecule has 0 bridgehead atoms. The first-order chi connectivity index (χ1) is 14.1. The Balaban J connectivity index is 1.74. The molecule has 1 aliphatic heterocycles. The predicted octanol–water partition coefficient (Wildman–Crippen LogP) is 4.70. The SMILES string of the molecule is O=C1c2oc3ccc(Br)cc3c(=O)c2[C@H](c2cccnc2)N1Cc1ccccc1. The van der Waals surface area contributed by atoms with Gasteiger partial charge in [-0.3, -0.25) is 14.6 Å². The van der Waals surface area contributed by atoms with Crippen molar-refractivity contribution in [1.29, 1.82) is 0 Å². The van der Waals surface area contributed by atoms with Crippen molar-refractivity contribution in [3.8, 4) is 0 Å². The number of benzene rings is 2. The van der Waals surface area contributed by atoms with E-state index in [4.69, 9.17) is 4.42 Å². The van der Waals surface area contributed by atoms with Crippen molar-refractivity contribution in [1.82, 2.24) is 9.88 Å². The minimum absolute atomic E-state index is 0.106. The molecule has 4 aromatic rings. The smallest absolute Gasteiger partial charge is 0.291 e. The van der Waals surface area contributed by atoms with Gasteiger partial charge in [-0.1, -0.05) is 52.3 Å². The van der Waals surface area contributed by atoms with Crippen LogP contribution in [0, 0.1) is 0 Å². The molecule has 1 amide bonds. The van der Waals surface area contributed by atoms with Gasteiger partial charge in [-0.05, 0) is 35.4 Å². The van der Waals surface area contributed by atoms with Crippen molar-refractivity contribution in [3.05, 3.63) is 110 Å². The molecular formula is C23H15BrN2O3. The van der Waals surface area contributed by atoms with Crippen molar-refractivity contribution in [2.45, 2.75) is 12.6 Å². The summed E-state index contributed by atoms with van der Waals surface area (Å²) < 4.78 is 6.72. The van der Waals surface area contributed by atoms with Crippen LogP contribution < -0.4 is 5.43 Å². The van der Waals surface area contributed by atoms with Crippen LogP contribution in [-0.2, 0) is 6.54 Å². The van der Waals surface area contributed by atoms with Gasteiger partial charge in [-0.2, -0.15) is 0 Å². The standard InChI is InChI=1S/C23H15BrN2O3/c24-16-8-9-18-17(11-16)21(27)19-20(15-7-4-10-25-12-15)26(23(28)22(19)29-18)13-14-5-2-1-3-6-14/h1-12,20H,13H2/t20-/m0/s1. The first kappa shape index (κ1) is 17.8. The van der Waals surface area contributed by atoms with Crippen molar-refractivity contribution < 1.29 is 9.21 Å². The fourth-order valence-electron chi connectivity index (χ4n) is 3.82. The van der Waals surface area contributed by atoms with E-state index in [9.17, 15) is 9.59 Å². The lowest BCUT2D eigenvalue weighted by Crippen LogP contribution is -2.29. The molecule has 2 aromatic heterocycles. The highest BCUT2D eigenvalue weighted by Gasteiger charge is 2.42. The lowest BCUT2D eigenvalue weighted by molar-refractivity contribution is 0.0714. The second-order valence-electron chi connectivity index (χ2n) is 6.92. The number of pyridine rings is 1. The molecule has 0 saturated heterocycles. The number of nitrogens with zero attached hydrogens (tertiary/aromatic N) is 2. The summed E-state index contributed by atoms with van der Waals surface area (Å²) in [5.74, 6) is -0.186. The monoisotopic (exact) mass is 446 g/mol. The quantitative estimate of drug-likeness (QED) is 0.457. The zero-order chi connectivity index (χ0) is 20.0. The van der Waals surface area contributed by atoms with Gasteiger partial charge in [0.05, 0.1) is 17.0 Å². The highest BCUT2D eigenvalue weighted by molar-refractivity contribution is 9.10. The highest BCUT2D eigenvalue weighted by atomic mass is 79.9. The molecule has 0 unspecified atom stereocenters. The number of hydrogen-bond acceptors (Lipinski definition) is 4. The van der Waals surface area contributed by atoms with Gasteiger partial charge < -0.3 is 9.32 Å². The Hall–Kier alpha value is -3.25. The average molecular weight is 447 g/mol. The number of fused-ring (bicyclic) bond motifs is 2. The van der Waals surface area contributed by atoms with E-state index in [0.29, 0.717) is 23.1 Å². The molecule has 0 aliphatic carbocycles. The summed E-state index contributed by atoms with van der Waals surface area (Å²) in [6.45, 7) is 0.364. The molecule has 29 heavy (non-hydrogen) atoms. The van der Waals surface area contributed by atoms with Crippen LogP contribution in [0.3, 0.4) is 0 Å². The predicted molar refractivity (Wildman–Crippen MR) is 113 cm³/mol. The largest absolute Gasteiger partial charge is 0.450 e. The number of carbonyl (C=O) groups is 1. The molecule has 3 heterocycles. The lowest BCUT2D eigenvalue weighted by atomic mass is 9.99. The molecule has 0 saturated carbocycles. The molecule has 5 rings (SSSR count). The maximum Gasteiger partial charge on any atom is 0.291 e. The lowest BCUT2D eigenvalue weighted by Gasteiger charge is -2.25. The first-order valence-electron chi connectivity index (χ1n) is 9.14. The van der Waals surface area contributed by atoms with Gasteiger partial charge in [0.1, 0.15) is 5.58 Å². The summed E-state index contributed by atoms with van der Waals surface area (Å²) >= 11 is 3.41. The van der Waals surface area contributed by atoms with Crippen molar-refractivity contribution in [2.75, 3.05) is 0 Å². The van der Waals surface area contributed by atoms with E-state index in [1.807, 2.05) is 36.4 Å². The van der Waals surface area contributed by atoms with Crippen LogP contribution in [0.4, 0.5) is 0 Å². The molecule has 0 radical (unpaired) electrons. The average Bonchev–Trinajstić information content (AvgIpc) is 3.02. The minimum Gasteiger partial charge on any atom is -0.450 e. The Bertz CT molecular complexity index is 1290. The Labute approximate surface area is 174 Å². The summed E-state index contributed by atoms with van der Waals surface area (Å²) in [5.41, 5.74) is 2.32. The molecule has 0 fully saturated rings. The third-order valence-electron chi connectivity index (χ3n) is 5.12. The number of rotatable bonds is 3.